The van der Waals surface area contributed by atoms with Crippen LogP contribution in [0.5, 0.6) is 0 Å². The monoisotopic (exact) mass is 375 g/mol. The summed E-state index contributed by atoms with van der Waals surface area (Å²) in [7, 11) is 1.93. The Hall–Kier alpha value is -1.50. The summed E-state index contributed by atoms with van der Waals surface area (Å²) in [6, 6.07) is 5.85. The number of nitrogens with zero attached hydrogens (tertiary/aromatic N) is 2. The van der Waals surface area contributed by atoms with Gasteiger partial charge >= 0.3 is 5.97 Å². The van der Waals surface area contributed by atoms with Gasteiger partial charge in [-0.1, -0.05) is 0 Å². The summed E-state index contributed by atoms with van der Waals surface area (Å²) in [5, 5.41) is 21.6. The van der Waals surface area contributed by atoms with Crippen molar-refractivity contribution >= 4 is 46.7 Å². The summed E-state index contributed by atoms with van der Waals surface area (Å²) in [4.78, 5) is 15.2. The van der Waals surface area contributed by atoms with Gasteiger partial charge in [0.25, 0.3) is 0 Å². The SMILES string of the molecule is Cl.Cn1c(CCCC(=O)O)nc2cc(NCC(O)CCCl)ccc21. The minimum atomic E-state index is -0.786. The molecule has 24 heavy (non-hydrogen) atoms. The molecule has 8 heteroatoms. The average Bonchev–Trinajstić information content (AvgIpc) is 2.81. The number of carbonyl (C=O) groups is 1. The Labute approximate surface area is 152 Å². The van der Waals surface area contributed by atoms with Gasteiger partial charge in [-0.05, 0) is 31.0 Å². The van der Waals surface area contributed by atoms with E-state index in [0.717, 1.165) is 22.5 Å². The maximum Gasteiger partial charge on any atom is 0.303 e. The van der Waals surface area contributed by atoms with E-state index in [0.29, 0.717) is 31.7 Å². The third kappa shape index (κ3) is 5.54. The number of halogens is 2. The number of carboxylic acids is 1. The highest BCUT2D eigenvalue weighted by molar-refractivity contribution is 6.17. The highest BCUT2D eigenvalue weighted by atomic mass is 35.5. The fourth-order valence-electron chi connectivity index (χ4n) is 2.44. The number of benzene rings is 1. The zero-order valence-electron chi connectivity index (χ0n) is 13.5. The lowest BCUT2D eigenvalue weighted by atomic mass is 10.2. The average molecular weight is 376 g/mol. The van der Waals surface area contributed by atoms with Gasteiger partial charge in [-0.3, -0.25) is 4.79 Å². The Morgan fingerprint density at radius 3 is 2.88 bits per heavy atom. The molecule has 2 rings (SSSR count). The van der Waals surface area contributed by atoms with Crippen molar-refractivity contribution in [2.24, 2.45) is 7.05 Å². The van der Waals surface area contributed by atoms with Crippen LogP contribution in [0.25, 0.3) is 11.0 Å². The van der Waals surface area contributed by atoms with Crippen molar-refractivity contribution in [1.29, 1.82) is 0 Å². The number of aliphatic hydroxyl groups is 1. The van der Waals surface area contributed by atoms with Gasteiger partial charge in [0, 0.05) is 38.0 Å². The number of aliphatic hydroxyl groups excluding tert-OH is 1. The number of alkyl halides is 1. The molecular weight excluding hydrogens is 353 g/mol. The molecular formula is C16H23Cl2N3O3. The number of anilines is 1. The van der Waals surface area contributed by atoms with Gasteiger partial charge in [-0.2, -0.15) is 0 Å². The molecule has 0 aliphatic rings. The van der Waals surface area contributed by atoms with Crippen LogP contribution >= 0.6 is 24.0 Å². The first-order valence-corrected chi connectivity index (χ1v) is 8.19. The fourth-order valence-corrected chi connectivity index (χ4v) is 2.70. The second kappa shape index (κ2) is 9.71. The standard InChI is InChI=1S/C16H22ClN3O3.ClH/c1-20-14-6-5-11(18-10-12(21)7-8-17)9-13(14)19-15(20)3-2-4-16(22)23;/h5-6,9,12,18,21H,2-4,7-8,10H2,1H3,(H,22,23);1H. The summed E-state index contributed by atoms with van der Waals surface area (Å²) in [5.74, 6) is 0.522. The number of nitrogens with one attached hydrogen (secondary N) is 1. The van der Waals surface area contributed by atoms with E-state index in [1.165, 1.54) is 0 Å². The van der Waals surface area contributed by atoms with Crippen molar-refractivity contribution in [1.82, 2.24) is 9.55 Å². The highest BCUT2D eigenvalue weighted by Gasteiger charge is 2.10. The molecule has 0 radical (unpaired) electrons. The van der Waals surface area contributed by atoms with Crippen LogP contribution < -0.4 is 5.32 Å². The number of rotatable bonds is 9. The van der Waals surface area contributed by atoms with E-state index in [2.05, 4.69) is 10.3 Å². The van der Waals surface area contributed by atoms with Crippen molar-refractivity contribution < 1.29 is 15.0 Å². The van der Waals surface area contributed by atoms with E-state index < -0.39 is 12.1 Å². The van der Waals surface area contributed by atoms with Crippen LogP contribution in [0.2, 0.25) is 0 Å². The van der Waals surface area contributed by atoms with Gasteiger partial charge in [0.05, 0.1) is 17.1 Å². The summed E-state index contributed by atoms with van der Waals surface area (Å²) in [6.07, 6.45) is 1.43. The third-order valence-corrected chi connectivity index (χ3v) is 3.97. The molecule has 0 aliphatic carbocycles. The minimum absolute atomic E-state index is 0. The van der Waals surface area contributed by atoms with Crippen molar-refractivity contribution in [3.63, 3.8) is 0 Å². The first kappa shape index (κ1) is 20.5. The molecule has 1 heterocycles. The first-order chi connectivity index (χ1) is 11.0. The number of carboxylic acid groups (broad SMARTS) is 1. The maximum absolute atomic E-state index is 10.6. The molecule has 6 nitrogen and oxygen atoms in total. The normalized spacial score (nSPS) is 12.0. The molecule has 0 bridgehead atoms. The van der Waals surface area contributed by atoms with Crippen LogP contribution in [-0.2, 0) is 18.3 Å². The van der Waals surface area contributed by atoms with E-state index in [9.17, 15) is 9.90 Å². The van der Waals surface area contributed by atoms with E-state index in [1.807, 2.05) is 29.8 Å². The number of imidazole rings is 1. The second-order valence-electron chi connectivity index (χ2n) is 5.55. The van der Waals surface area contributed by atoms with Gasteiger partial charge in [-0.15, -0.1) is 24.0 Å². The Bertz CT molecular complexity index is 676. The van der Waals surface area contributed by atoms with Crippen molar-refractivity contribution in [2.45, 2.75) is 31.8 Å². The van der Waals surface area contributed by atoms with Crippen LogP contribution in [0.1, 0.15) is 25.1 Å². The molecule has 3 N–H and O–H groups in total. The summed E-state index contributed by atoms with van der Waals surface area (Å²) in [6.45, 7) is 0.441. The van der Waals surface area contributed by atoms with E-state index in [-0.39, 0.29) is 18.8 Å². The van der Waals surface area contributed by atoms with E-state index in [1.54, 1.807) is 0 Å². The molecule has 2 aromatic rings. The predicted molar refractivity (Wildman–Crippen MR) is 98.4 cm³/mol. The summed E-state index contributed by atoms with van der Waals surface area (Å²) in [5.41, 5.74) is 2.75. The molecule has 1 unspecified atom stereocenters. The molecule has 0 spiro atoms. The lowest BCUT2D eigenvalue weighted by Crippen LogP contribution is -2.19. The number of hydrogen-bond acceptors (Lipinski definition) is 4. The van der Waals surface area contributed by atoms with Gasteiger partial charge < -0.3 is 20.1 Å². The number of aliphatic carboxylic acids is 1. The minimum Gasteiger partial charge on any atom is -0.481 e. The number of aromatic nitrogens is 2. The predicted octanol–water partition coefficient (Wildman–Crippen LogP) is 2.80. The zero-order valence-corrected chi connectivity index (χ0v) is 15.1. The van der Waals surface area contributed by atoms with Gasteiger partial charge in [0.15, 0.2) is 0 Å². The smallest absolute Gasteiger partial charge is 0.303 e. The molecule has 134 valence electrons. The van der Waals surface area contributed by atoms with Crippen LogP contribution in [0, 0.1) is 0 Å². The molecule has 0 saturated carbocycles. The zero-order chi connectivity index (χ0) is 16.8. The van der Waals surface area contributed by atoms with E-state index >= 15 is 0 Å². The topological polar surface area (TPSA) is 87.4 Å². The molecule has 0 amide bonds. The van der Waals surface area contributed by atoms with Crippen molar-refractivity contribution in [3.8, 4) is 0 Å². The Kier molecular flexibility index (Phi) is 8.31. The maximum atomic E-state index is 10.6. The molecule has 1 aromatic carbocycles. The molecule has 0 aliphatic heterocycles. The lowest BCUT2D eigenvalue weighted by Gasteiger charge is -2.11. The van der Waals surface area contributed by atoms with Gasteiger partial charge in [0.2, 0.25) is 0 Å². The summed E-state index contributed by atoms with van der Waals surface area (Å²) >= 11 is 5.60. The Balaban J connectivity index is 0.00000288. The number of fused-ring (bicyclic) bond motifs is 1. The quantitative estimate of drug-likeness (QED) is 0.586. The Morgan fingerprint density at radius 1 is 1.46 bits per heavy atom. The molecule has 0 saturated heterocycles. The largest absolute Gasteiger partial charge is 0.481 e. The summed E-state index contributed by atoms with van der Waals surface area (Å²) < 4.78 is 1.99. The molecule has 0 fully saturated rings. The first-order valence-electron chi connectivity index (χ1n) is 7.66. The van der Waals surface area contributed by atoms with Gasteiger partial charge in [-0.25, -0.2) is 4.98 Å². The molecule has 1 aromatic heterocycles. The Morgan fingerprint density at radius 2 is 2.21 bits per heavy atom. The molecule has 1 atom stereocenters. The number of hydrogen-bond donors (Lipinski definition) is 3. The fraction of sp³-hybridized carbons (Fsp3) is 0.500. The van der Waals surface area contributed by atoms with E-state index in [4.69, 9.17) is 16.7 Å². The third-order valence-electron chi connectivity index (χ3n) is 3.75. The number of aryl methyl sites for hydroxylation is 2. The van der Waals surface area contributed by atoms with Crippen molar-refractivity contribution in [2.75, 3.05) is 17.7 Å². The van der Waals surface area contributed by atoms with Gasteiger partial charge in [0.1, 0.15) is 5.82 Å². The van der Waals surface area contributed by atoms with Crippen LogP contribution in [0.4, 0.5) is 5.69 Å². The highest BCUT2D eigenvalue weighted by Crippen LogP contribution is 2.20. The van der Waals surface area contributed by atoms with Crippen molar-refractivity contribution in [3.05, 3.63) is 24.0 Å². The second-order valence-corrected chi connectivity index (χ2v) is 5.93. The van der Waals surface area contributed by atoms with Crippen LogP contribution in [-0.4, -0.2) is 44.3 Å². The van der Waals surface area contributed by atoms with Crippen LogP contribution in [0.3, 0.4) is 0 Å². The lowest BCUT2D eigenvalue weighted by molar-refractivity contribution is -0.137. The van der Waals surface area contributed by atoms with Crippen LogP contribution in [0.15, 0.2) is 18.2 Å².